The first kappa shape index (κ1) is 20.0. The van der Waals surface area contributed by atoms with Gasteiger partial charge in [0, 0.05) is 0 Å². The van der Waals surface area contributed by atoms with Gasteiger partial charge in [-0.3, -0.25) is 0 Å². The first-order valence-corrected chi connectivity index (χ1v) is 12.2. The van der Waals surface area contributed by atoms with Gasteiger partial charge in [-0.05, 0) is 91.8 Å². The lowest BCUT2D eigenvalue weighted by Gasteiger charge is -2.59. The number of fused-ring (bicyclic) bond motifs is 4. The molecule has 154 valence electrons. The Kier molecular flexibility index (Phi) is 5.10. The predicted octanol–water partition coefficient (Wildman–Crippen LogP) is 7.29. The summed E-state index contributed by atoms with van der Waals surface area (Å²) in [5, 5.41) is 10.7. The van der Waals surface area contributed by atoms with Crippen LogP contribution in [0.25, 0.3) is 0 Å². The molecule has 0 aliphatic heterocycles. The Labute approximate surface area is 168 Å². The molecular formula is C26H44O. The zero-order valence-electron chi connectivity index (χ0n) is 18.7. The topological polar surface area (TPSA) is 20.2 Å². The molecule has 2 fully saturated rings. The van der Waals surface area contributed by atoms with Crippen LogP contribution in [0.3, 0.4) is 0 Å². The van der Waals surface area contributed by atoms with Gasteiger partial charge in [-0.1, -0.05) is 65.0 Å². The lowest BCUT2D eigenvalue weighted by Crippen LogP contribution is -2.53. The summed E-state index contributed by atoms with van der Waals surface area (Å²) in [4.78, 5) is 0. The van der Waals surface area contributed by atoms with Gasteiger partial charge in [-0.15, -0.1) is 0 Å². The second-order valence-corrected chi connectivity index (χ2v) is 11.7. The first-order chi connectivity index (χ1) is 12.7. The van der Waals surface area contributed by atoms with E-state index in [9.17, 15) is 5.11 Å². The van der Waals surface area contributed by atoms with Crippen LogP contribution in [0.2, 0.25) is 0 Å². The fraction of sp³-hybridized carbons (Fsp3) is 0.923. The molecule has 6 unspecified atom stereocenters. The summed E-state index contributed by atoms with van der Waals surface area (Å²) in [7, 11) is 0. The molecule has 4 rings (SSSR count). The molecule has 27 heavy (non-hydrogen) atoms. The van der Waals surface area contributed by atoms with Crippen molar-refractivity contribution in [2.24, 2.45) is 34.0 Å². The Morgan fingerprint density at radius 3 is 2.44 bits per heavy atom. The molecule has 2 saturated carbocycles. The lowest BCUT2D eigenvalue weighted by atomic mass is 9.46. The lowest BCUT2D eigenvalue weighted by molar-refractivity contribution is -0.0928. The van der Waals surface area contributed by atoms with Crippen molar-refractivity contribution in [2.45, 2.75) is 118 Å². The van der Waals surface area contributed by atoms with Gasteiger partial charge in [0.15, 0.2) is 0 Å². The van der Waals surface area contributed by atoms with Crippen LogP contribution in [0.1, 0.15) is 112 Å². The minimum Gasteiger partial charge on any atom is -0.393 e. The van der Waals surface area contributed by atoms with Gasteiger partial charge in [0.25, 0.3) is 0 Å². The molecule has 1 nitrogen and oxygen atoms in total. The van der Waals surface area contributed by atoms with Crippen LogP contribution in [0, 0.1) is 34.0 Å². The Morgan fingerprint density at radius 2 is 1.70 bits per heavy atom. The maximum absolute atomic E-state index is 10.7. The summed E-state index contributed by atoms with van der Waals surface area (Å²) in [5.41, 5.74) is 4.80. The second kappa shape index (κ2) is 6.89. The van der Waals surface area contributed by atoms with E-state index in [1.165, 1.54) is 70.6 Å². The number of aliphatic hydroxyl groups excluding tert-OH is 1. The molecule has 0 amide bonds. The molecule has 0 aromatic heterocycles. The standard InChI is InChI=1S/C26H44O/c1-6-7-8-9-18-10-12-20-19-11-13-22-24(2,3)23(27)15-17-26(22,5)21(19)14-16-25(18,20)4/h18,20,22-23,27H,6-17H2,1-5H3. The normalized spacial score (nSPS) is 46.0. The SMILES string of the molecule is CCCCCC1CCC2C3=C(CCC12C)C1(C)CCC(O)C(C)(C)C1CC3. The third-order valence-corrected chi connectivity index (χ3v) is 10.3. The third kappa shape index (κ3) is 2.89. The van der Waals surface area contributed by atoms with E-state index in [4.69, 9.17) is 0 Å². The largest absolute Gasteiger partial charge is 0.393 e. The first-order valence-electron chi connectivity index (χ1n) is 12.2. The fourth-order valence-corrected chi connectivity index (χ4v) is 8.51. The zero-order valence-corrected chi connectivity index (χ0v) is 18.7. The molecule has 0 aromatic carbocycles. The average Bonchev–Trinajstić information content (AvgIpc) is 2.96. The number of allylic oxidation sites excluding steroid dienone is 2. The summed E-state index contributed by atoms with van der Waals surface area (Å²) >= 11 is 0. The number of hydrogen-bond acceptors (Lipinski definition) is 1. The highest BCUT2D eigenvalue weighted by Gasteiger charge is 2.58. The molecule has 0 radical (unpaired) electrons. The molecule has 4 aliphatic carbocycles. The van der Waals surface area contributed by atoms with E-state index in [1.54, 1.807) is 0 Å². The molecule has 1 heteroatoms. The van der Waals surface area contributed by atoms with Crippen molar-refractivity contribution in [3.8, 4) is 0 Å². The summed E-state index contributed by atoms with van der Waals surface area (Å²) < 4.78 is 0. The third-order valence-electron chi connectivity index (χ3n) is 10.3. The highest BCUT2D eigenvalue weighted by atomic mass is 16.3. The zero-order chi connectivity index (χ0) is 19.4. The van der Waals surface area contributed by atoms with Crippen LogP contribution < -0.4 is 0 Å². The number of rotatable bonds is 4. The van der Waals surface area contributed by atoms with Gasteiger partial charge in [0.1, 0.15) is 0 Å². The number of hydrogen-bond donors (Lipinski definition) is 1. The highest BCUT2D eigenvalue weighted by molar-refractivity contribution is 5.35. The molecule has 4 aliphatic rings. The van der Waals surface area contributed by atoms with Crippen LogP contribution in [-0.2, 0) is 0 Å². The van der Waals surface area contributed by atoms with E-state index in [-0.39, 0.29) is 11.5 Å². The van der Waals surface area contributed by atoms with Crippen LogP contribution in [0.5, 0.6) is 0 Å². The molecule has 0 bridgehead atoms. The molecule has 6 atom stereocenters. The quantitative estimate of drug-likeness (QED) is 0.406. The minimum atomic E-state index is -0.110. The van der Waals surface area contributed by atoms with Crippen LogP contribution in [0.4, 0.5) is 0 Å². The van der Waals surface area contributed by atoms with Crippen LogP contribution in [0.15, 0.2) is 11.1 Å². The molecule has 0 heterocycles. The Morgan fingerprint density at radius 1 is 0.926 bits per heavy atom. The van der Waals surface area contributed by atoms with Gasteiger partial charge in [0.2, 0.25) is 0 Å². The smallest absolute Gasteiger partial charge is 0.0594 e. The van der Waals surface area contributed by atoms with Crippen molar-refractivity contribution in [3.05, 3.63) is 11.1 Å². The van der Waals surface area contributed by atoms with Gasteiger partial charge < -0.3 is 5.11 Å². The summed E-state index contributed by atoms with van der Waals surface area (Å²) in [6.07, 6.45) is 16.1. The van der Waals surface area contributed by atoms with Crippen molar-refractivity contribution >= 4 is 0 Å². The molecule has 0 saturated heterocycles. The molecular weight excluding hydrogens is 328 g/mol. The summed E-state index contributed by atoms with van der Waals surface area (Å²) in [5.74, 6) is 2.51. The van der Waals surface area contributed by atoms with Gasteiger partial charge >= 0.3 is 0 Å². The average molecular weight is 373 g/mol. The Balaban J connectivity index is 1.62. The van der Waals surface area contributed by atoms with Crippen LogP contribution in [-0.4, -0.2) is 11.2 Å². The summed E-state index contributed by atoms with van der Waals surface area (Å²) in [6.45, 7) is 12.3. The fourth-order valence-electron chi connectivity index (χ4n) is 8.51. The second-order valence-electron chi connectivity index (χ2n) is 11.7. The number of aliphatic hydroxyl groups is 1. The molecule has 0 spiro atoms. The van der Waals surface area contributed by atoms with Crippen molar-refractivity contribution in [1.82, 2.24) is 0 Å². The van der Waals surface area contributed by atoms with Crippen LogP contribution >= 0.6 is 0 Å². The Bertz CT molecular complexity index is 601. The summed E-state index contributed by atoms with van der Waals surface area (Å²) in [6, 6.07) is 0. The predicted molar refractivity (Wildman–Crippen MR) is 115 cm³/mol. The number of unbranched alkanes of at least 4 members (excludes halogenated alkanes) is 2. The van der Waals surface area contributed by atoms with Crippen molar-refractivity contribution in [3.63, 3.8) is 0 Å². The van der Waals surface area contributed by atoms with Crippen molar-refractivity contribution in [1.29, 1.82) is 0 Å². The minimum absolute atomic E-state index is 0.0741. The maximum atomic E-state index is 10.7. The van der Waals surface area contributed by atoms with E-state index in [1.807, 2.05) is 11.1 Å². The van der Waals surface area contributed by atoms with E-state index < -0.39 is 0 Å². The monoisotopic (exact) mass is 372 g/mol. The molecule has 1 N–H and O–H groups in total. The van der Waals surface area contributed by atoms with Crippen molar-refractivity contribution < 1.29 is 5.11 Å². The van der Waals surface area contributed by atoms with Crippen molar-refractivity contribution in [2.75, 3.05) is 0 Å². The van der Waals surface area contributed by atoms with E-state index >= 15 is 0 Å². The highest BCUT2D eigenvalue weighted by Crippen LogP contribution is 2.67. The Hall–Kier alpha value is -0.300. The van der Waals surface area contributed by atoms with Gasteiger partial charge in [0.05, 0.1) is 6.10 Å². The van der Waals surface area contributed by atoms with Gasteiger partial charge in [-0.25, -0.2) is 0 Å². The van der Waals surface area contributed by atoms with E-state index in [0.29, 0.717) is 16.7 Å². The van der Waals surface area contributed by atoms with E-state index in [2.05, 4.69) is 34.6 Å². The van der Waals surface area contributed by atoms with E-state index in [0.717, 1.165) is 18.3 Å². The molecule has 0 aromatic rings. The van der Waals surface area contributed by atoms with Gasteiger partial charge in [-0.2, -0.15) is 0 Å². The maximum Gasteiger partial charge on any atom is 0.0594 e.